The Bertz CT molecular complexity index is 514. The smallest absolute Gasteiger partial charge is 0.326 e. The van der Waals surface area contributed by atoms with Crippen molar-refractivity contribution in [2.24, 2.45) is 0 Å². The lowest BCUT2D eigenvalue weighted by atomic mass is 10.1. The predicted molar refractivity (Wildman–Crippen MR) is 69.5 cm³/mol. The molecule has 8 nitrogen and oxygen atoms in total. The second kappa shape index (κ2) is 6.94. The molecule has 1 heterocycles. The van der Waals surface area contributed by atoms with Gasteiger partial charge in [0.15, 0.2) is 0 Å². The van der Waals surface area contributed by atoms with Crippen molar-refractivity contribution in [1.82, 2.24) is 14.9 Å². The molecule has 20 heavy (non-hydrogen) atoms. The van der Waals surface area contributed by atoms with Gasteiger partial charge in [-0.2, -0.15) is 0 Å². The number of carbonyl (C=O) groups excluding carboxylic acids is 2. The van der Waals surface area contributed by atoms with Gasteiger partial charge in [0, 0.05) is 0 Å². The van der Waals surface area contributed by atoms with Crippen molar-refractivity contribution in [3.05, 3.63) is 10.6 Å². The Balaban J connectivity index is 2.83. The van der Waals surface area contributed by atoms with E-state index in [1.807, 2.05) is 13.8 Å². The van der Waals surface area contributed by atoms with Crippen LogP contribution in [0.25, 0.3) is 0 Å². The molecule has 0 radical (unpaired) electrons. The molecule has 9 heteroatoms. The number of hydrogen-bond acceptors (Lipinski definition) is 7. The van der Waals surface area contributed by atoms with Crippen LogP contribution in [0.4, 0.5) is 0 Å². The van der Waals surface area contributed by atoms with Crippen LogP contribution < -0.4 is 5.32 Å². The highest BCUT2D eigenvalue weighted by molar-refractivity contribution is 7.08. The minimum absolute atomic E-state index is 0.0154. The first-order valence-electron chi connectivity index (χ1n) is 5.79. The zero-order chi connectivity index (χ0) is 15.3. The van der Waals surface area contributed by atoms with Crippen LogP contribution in [0, 0.1) is 0 Å². The summed E-state index contributed by atoms with van der Waals surface area (Å²) in [5.41, 5.74) is 0.495. The second-order valence-corrected chi connectivity index (χ2v) is 5.04. The minimum Gasteiger partial charge on any atom is -0.480 e. The van der Waals surface area contributed by atoms with Crippen LogP contribution in [0.1, 0.15) is 41.6 Å². The standard InChI is InChI=1S/C11H15N3O5S/c1-5(2)8-9(20-14-13-8)10(16)12-6(11(17)18)4-7(15)19-3/h5-6H,4H2,1-3H3,(H,12,16)(H,17,18)/t6-/m0/s1. The molecule has 1 aromatic heterocycles. The number of esters is 1. The fourth-order valence-corrected chi connectivity index (χ4v) is 2.13. The van der Waals surface area contributed by atoms with E-state index in [-0.39, 0.29) is 10.8 Å². The molecular formula is C11H15N3O5S. The maximum absolute atomic E-state index is 12.0. The molecule has 0 bridgehead atoms. The van der Waals surface area contributed by atoms with Crippen LogP contribution in [0.3, 0.4) is 0 Å². The SMILES string of the molecule is COC(=O)C[C@H](NC(=O)c1snnc1C(C)C)C(=O)O. The van der Waals surface area contributed by atoms with Gasteiger partial charge in [0.05, 0.1) is 19.2 Å². The molecule has 0 aliphatic carbocycles. The topological polar surface area (TPSA) is 118 Å². The first-order chi connectivity index (χ1) is 9.36. The van der Waals surface area contributed by atoms with Gasteiger partial charge in [-0.25, -0.2) is 4.79 Å². The minimum atomic E-state index is -1.35. The Morgan fingerprint density at radius 3 is 2.55 bits per heavy atom. The van der Waals surface area contributed by atoms with E-state index in [1.54, 1.807) is 0 Å². The second-order valence-electron chi connectivity index (χ2n) is 4.29. The molecule has 0 saturated heterocycles. The number of rotatable bonds is 6. The Kier molecular flexibility index (Phi) is 5.56. The van der Waals surface area contributed by atoms with Crippen LogP contribution in [-0.4, -0.2) is 45.7 Å². The Morgan fingerprint density at radius 2 is 2.05 bits per heavy atom. The van der Waals surface area contributed by atoms with Gasteiger partial charge in [-0.15, -0.1) is 5.10 Å². The van der Waals surface area contributed by atoms with Gasteiger partial charge in [0.2, 0.25) is 0 Å². The molecule has 0 spiro atoms. The fraction of sp³-hybridized carbons (Fsp3) is 0.545. The quantitative estimate of drug-likeness (QED) is 0.730. The van der Waals surface area contributed by atoms with Gasteiger partial charge < -0.3 is 15.2 Å². The number of methoxy groups -OCH3 is 1. The van der Waals surface area contributed by atoms with Crippen molar-refractivity contribution in [1.29, 1.82) is 0 Å². The van der Waals surface area contributed by atoms with Crippen molar-refractivity contribution in [2.45, 2.75) is 32.2 Å². The summed E-state index contributed by atoms with van der Waals surface area (Å²) < 4.78 is 8.07. The van der Waals surface area contributed by atoms with Crippen molar-refractivity contribution in [3.8, 4) is 0 Å². The molecule has 0 unspecified atom stereocenters. The van der Waals surface area contributed by atoms with Gasteiger partial charge in [-0.3, -0.25) is 9.59 Å². The largest absolute Gasteiger partial charge is 0.480 e. The third-order valence-electron chi connectivity index (χ3n) is 2.47. The van der Waals surface area contributed by atoms with Crippen molar-refractivity contribution < 1.29 is 24.2 Å². The molecular weight excluding hydrogens is 286 g/mol. The highest BCUT2D eigenvalue weighted by atomic mass is 32.1. The number of carboxylic acid groups (broad SMARTS) is 1. The van der Waals surface area contributed by atoms with E-state index >= 15 is 0 Å². The molecule has 0 aliphatic rings. The number of carboxylic acids is 1. The lowest BCUT2D eigenvalue weighted by molar-refractivity contribution is -0.147. The summed E-state index contributed by atoms with van der Waals surface area (Å²) in [6.07, 6.45) is -0.444. The van der Waals surface area contributed by atoms with Gasteiger partial charge in [0.25, 0.3) is 5.91 Å². The highest BCUT2D eigenvalue weighted by Gasteiger charge is 2.27. The monoisotopic (exact) mass is 301 g/mol. The van der Waals surface area contributed by atoms with E-state index in [4.69, 9.17) is 5.11 Å². The number of carbonyl (C=O) groups is 3. The third kappa shape index (κ3) is 3.98. The van der Waals surface area contributed by atoms with E-state index in [1.165, 1.54) is 0 Å². The number of aliphatic carboxylic acids is 1. The van der Waals surface area contributed by atoms with Crippen LogP contribution in [0.5, 0.6) is 0 Å². The number of amides is 1. The van der Waals surface area contributed by atoms with Crippen LogP contribution in [-0.2, 0) is 14.3 Å². The van der Waals surface area contributed by atoms with E-state index in [0.29, 0.717) is 5.69 Å². The number of nitrogens with zero attached hydrogens (tertiary/aromatic N) is 2. The number of aromatic nitrogens is 2. The first-order valence-corrected chi connectivity index (χ1v) is 6.56. The molecule has 0 aromatic carbocycles. The predicted octanol–water partition coefficient (Wildman–Crippen LogP) is 0.408. The molecule has 1 amide bonds. The number of ether oxygens (including phenoxy) is 1. The Hall–Kier alpha value is -2.03. The third-order valence-corrected chi connectivity index (χ3v) is 3.21. The summed E-state index contributed by atoms with van der Waals surface area (Å²) in [7, 11) is 1.15. The average Bonchev–Trinajstić information content (AvgIpc) is 2.86. The summed E-state index contributed by atoms with van der Waals surface area (Å²) >= 11 is 0.882. The van der Waals surface area contributed by atoms with E-state index < -0.39 is 30.3 Å². The molecule has 2 N–H and O–H groups in total. The molecule has 1 rings (SSSR count). The van der Waals surface area contributed by atoms with E-state index in [0.717, 1.165) is 18.6 Å². The molecule has 0 saturated carbocycles. The number of nitrogens with one attached hydrogen (secondary N) is 1. The first kappa shape index (κ1) is 16.0. The average molecular weight is 301 g/mol. The fourth-order valence-electron chi connectivity index (χ4n) is 1.41. The Morgan fingerprint density at radius 1 is 1.40 bits per heavy atom. The van der Waals surface area contributed by atoms with Crippen LogP contribution >= 0.6 is 11.5 Å². The summed E-state index contributed by atoms with van der Waals surface area (Å²) in [4.78, 5) is 34.4. The van der Waals surface area contributed by atoms with Crippen LogP contribution in [0.15, 0.2) is 0 Å². The van der Waals surface area contributed by atoms with E-state index in [9.17, 15) is 14.4 Å². The number of hydrogen-bond donors (Lipinski definition) is 2. The molecule has 0 fully saturated rings. The zero-order valence-electron chi connectivity index (χ0n) is 11.2. The Labute approximate surface area is 119 Å². The molecule has 0 aliphatic heterocycles. The summed E-state index contributed by atoms with van der Waals surface area (Å²) in [6.45, 7) is 3.69. The van der Waals surface area contributed by atoms with Gasteiger partial charge in [-0.1, -0.05) is 18.3 Å². The maximum Gasteiger partial charge on any atom is 0.326 e. The molecule has 1 atom stereocenters. The van der Waals surface area contributed by atoms with Crippen molar-refractivity contribution >= 4 is 29.4 Å². The zero-order valence-corrected chi connectivity index (χ0v) is 12.1. The van der Waals surface area contributed by atoms with Crippen LogP contribution in [0.2, 0.25) is 0 Å². The normalized spacial score (nSPS) is 12.0. The summed E-state index contributed by atoms with van der Waals surface area (Å²) in [5.74, 6) is -2.66. The molecule has 1 aromatic rings. The maximum atomic E-state index is 12.0. The molecule has 110 valence electrons. The highest BCUT2D eigenvalue weighted by Crippen LogP contribution is 2.19. The lowest BCUT2D eigenvalue weighted by Crippen LogP contribution is -2.42. The van der Waals surface area contributed by atoms with Gasteiger partial charge >= 0.3 is 11.9 Å². The van der Waals surface area contributed by atoms with Gasteiger partial charge in [-0.05, 0) is 17.5 Å². The summed E-state index contributed by atoms with van der Waals surface area (Å²) in [6, 6.07) is -1.35. The lowest BCUT2D eigenvalue weighted by Gasteiger charge is -2.13. The van der Waals surface area contributed by atoms with Gasteiger partial charge in [0.1, 0.15) is 10.9 Å². The van der Waals surface area contributed by atoms with E-state index in [2.05, 4.69) is 19.6 Å². The van der Waals surface area contributed by atoms with Crippen molar-refractivity contribution in [3.63, 3.8) is 0 Å². The summed E-state index contributed by atoms with van der Waals surface area (Å²) in [5, 5.41) is 15.1. The van der Waals surface area contributed by atoms with Crippen molar-refractivity contribution in [2.75, 3.05) is 7.11 Å².